The van der Waals surface area contributed by atoms with Crippen molar-refractivity contribution in [3.63, 3.8) is 0 Å². The van der Waals surface area contributed by atoms with Gasteiger partial charge in [0.05, 0.1) is 11.0 Å². The van der Waals surface area contributed by atoms with Gasteiger partial charge >= 0.3 is 6.18 Å². The molecule has 2 atom stereocenters. The zero-order valence-corrected chi connectivity index (χ0v) is 16.1. The number of rotatable bonds is 4. The number of aromatic amines is 1. The van der Waals surface area contributed by atoms with Crippen LogP contribution >= 0.6 is 0 Å². The second kappa shape index (κ2) is 6.68. The molecule has 1 aliphatic carbocycles. The number of fused-ring (bicyclic) bond motifs is 1. The number of halogens is 5. The average molecular weight is 429 g/mol. The quantitative estimate of drug-likeness (QED) is 0.723. The van der Waals surface area contributed by atoms with E-state index in [1.807, 2.05) is 0 Å². The number of hydrogen-bond donors (Lipinski definition) is 2. The SMILES string of the molecule is CC[C@H](NC(=O)c1cc2cc(C(F)(F)F)ccc2[nH]1)C(=O)N1CC[C@@]2(C1)CC2(F)F. The molecule has 0 radical (unpaired) electrons. The summed E-state index contributed by atoms with van der Waals surface area (Å²) in [4.78, 5) is 29.4. The normalized spacial score (nSPS) is 23.7. The first-order valence-electron chi connectivity index (χ1n) is 9.63. The fourth-order valence-corrected chi connectivity index (χ4v) is 4.11. The maximum Gasteiger partial charge on any atom is 0.416 e. The van der Waals surface area contributed by atoms with Crippen LogP contribution in [0, 0.1) is 5.41 Å². The predicted octanol–water partition coefficient (Wildman–Crippen LogP) is 3.95. The number of H-pyrrole nitrogens is 1. The standard InChI is InChI=1S/C20H20F5N3O2/c1-2-13(17(30)28-6-5-18(10-28)9-19(18,21)22)27-16(29)15-8-11-7-12(20(23,24)25)3-4-14(11)26-15/h3-4,7-8,13,26H,2,5-6,9-10H2,1H3,(H,27,29)/t13-,18-/m0/s1. The van der Waals surface area contributed by atoms with Crippen LogP contribution in [0.4, 0.5) is 22.0 Å². The molecule has 2 N–H and O–H groups in total. The van der Waals surface area contributed by atoms with Crippen molar-refractivity contribution in [1.29, 1.82) is 0 Å². The van der Waals surface area contributed by atoms with Gasteiger partial charge in [-0.1, -0.05) is 6.92 Å². The lowest BCUT2D eigenvalue weighted by molar-refractivity contribution is -0.137. The highest BCUT2D eigenvalue weighted by molar-refractivity contribution is 6.00. The van der Waals surface area contributed by atoms with Crippen molar-refractivity contribution in [3.8, 4) is 0 Å². The Kier molecular flexibility index (Phi) is 4.59. The van der Waals surface area contributed by atoms with E-state index in [2.05, 4.69) is 10.3 Å². The largest absolute Gasteiger partial charge is 0.416 e. The zero-order valence-electron chi connectivity index (χ0n) is 16.1. The monoisotopic (exact) mass is 429 g/mol. The van der Waals surface area contributed by atoms with Crippen molar-refractivity contribution in [2.75, 3.05) is 13.1 Å². The number of alkyl halides is 5. The van der Waals surface area contributed by atoms with Gasteiger partial charge in [0.25, 0.3) is 11.8 Å². The van der Waals surface area contributed by atoms with Gasteiger partial charge in [-0.05, 0) is 37.1 Å². The Labute approximate surface area is 168 Å². The Hall–Kier alpha value is -2.65. The fraction of sp³-hybridized carbons (Fsp3) is 0.500. The Bertz CT molecular complexity index is 1020. The molecule has 2 fully saturated rings. The molecule has 1 saturated carbocycles. The summed E-state index contributed by atoms with van der Waals surface area (Å²) >= 11 is 0. The number of benzene rings is 1. The summed E-state index contributed by atoms with van der Waals surface area (Å²) in [5.41, 5.74) is -1.59. The second-order valence-electron chi connectivity index (χ2n) is 8.09. The van der Waals surface area contributed by atoms with Gasteiger partial charge in [-0.15, -0.1) is 0 Å². The molecule has 0 unspecified atom stereocenters. The molecule has 1 spiro atoms. The van der Waals surface area contributed by atoms with Crippen LogP contribution in [-0.2, 0) is 11.0 Å². The molecule has 30 heavy (non-hydrogen) atoms. The lowest BCUT2D eigenvalue weighted by Crippen LogP contribution is -2.47. The number of amides is 2. The molecule has 1 aromatic heterocycles. The number of likely N-dealkylation sites (tertiary alicyclic amines) is 1. The summed E-state index contributed by atoms with van der Waals surface area (Å²) in [6.07, 6.45) is -4.23. The number of carbonyl (C=O) groups excluding carboxylic acids is 2. The number of hydrogen-bond acceptors (Lipinski definition) is 2. The van der Waals surface area contributed by atoms with Crippen LogP contribution in [0.25, 0.3) is 10.9 Å². The van der Waals surface area contributed by atoms with Crippen molar-refractivity contribution in [2.45, 2.75) is 44.3 Å². The molecule has 2 aromatic rings. The van der Waals surface area contributed by atoms with E-state index in [4.69, 9.17) is 0 Å². The molecular weight excluding hydrogens is 409 g/mol. The Morgan fingerprint density at radius 2 is 1.97 bits per heavy atom. The van der Waals surface area contributed by atoms with E-state index in [0.29, 0.717) is 5.52 Å². The van der Waals surface area contributed by atoms with E-state index in [0.717, 1.165) is 12.1 Å². The van der Waals surface area contributed by atoms with Crippen LogP contribution in [0.3, 0.4) is 0 Å². The van der Waals surface area contributed by atoms with Crippen molar-refractivity contribution in [2.24, 2.45) is 5.41 Å². The lowest BCUT2D eigenvalue weighted by Gasteiger charge is -2.23. The highest BCUT2D eigenvalue weighted by atomic mass is 19.4. The molecule has 1 aromatic carbocycles. The molecular formula is C20H20F5N3O2. The van der Waals surface area contributed by atoms with Crippen LogP contribution in [0.2, 0.25) is 0 Å². The molecule has 10 heteroatoms. The van der Waals surface area contributed by atoms with E-state index in [1.54, 1.807) is 6.92 Å². The van der Waals surface area contributed by atoms with Crippen molar-refractivity contribution >= 4 is 22.7 Å². The van der Waals surface area contributed by atoms with Gasteiger partial charge in [-0.2, -0.15) is 13.2 Å². The second-order valence-corrected chi connectivity index (χ2v) is 8.09. The average Bonchev–Trinajstić information content (AvgIpc) is 3.04. The van der Waals surface area contributed by atoms with E-state index in [-0.39, 0.29) is 43.4 Å². The molecule has 2 heterocycles. The van der Waals surface area contributed by atoms with Gasteiger partial charge in [-0.25, -0.2) is 8.78 Å². The molecule has 5 nitrogen and oxygen atoms in total. The summed E-state index contributed by atoms with van der Waals surface area (Å²) in [5.74, 6) is -3.82. The van der Waals surface area contributed by atoms with E-state index >= 15 is 0 Å². The summed E-state index contributed by atoms with van der Waals surface area (Å²) in [5, 5.41) is 2.78. The lowest BCUT2D eigenvalue weighted by atomic mass is 10.1. The van der Waals surface area contributed by atoms with Gasteiger partial charge in [0.2, 0.25) is 5.91 Å². The highest BCUT2D eigenvalue weighted by Crippen LogP contribution is 2.65. The van der Waals surface area contributed by atoms with Crippen molar-refractivity contribution in [3.05, 3.63) is 35.5 Å². The van der Waals surface area contributed by atoms with Crippen LogP contribution < -0.4 is 5.32 Å². The Morgan fingerprint density at radius 3 is 2.53 bits per heavy atom. The maximum absolute atomic E-state index is 13.6. The molecule has 162 valence electrons. The molecule has 4 rings (SSSR count). The minimum absolute atomic E-state index is 0.0159. The molecule has 1 aliphatic heterocycles. The van der Waals surface area contributed by atoms with Gasteiger partial charge < -0.3 is 15.2 Å². The predicted molar refractivity (Wildman–Crippen MR) is 98.0 cm³/mol. The molecule has 0 bridgehead atoms. The third-order valence-electron chi connectivity index (χ3n) is 6.08. The minimum atomic E-state index is -4.50. The summed E-state index contributed by atoms with van der Waals surface area (Å²) in [6.45, 7) is 1.87. The van der Waals surface area contributed by atoms with Gasteiger partial charge in [0.15, 0.2) is 0 Å². The molecule has 2 amide bonds. The van der Waals surface area contributed by atoms with Crippen LogP contribution in [-0.4, -0.2) is 46.8 Å². The van der Waals surface area contributed by atoms with Crippen molar-refractivity contribution < 1.29 is 31.5 Å². The first kappa shape index (κ1) is 20.6. The van der Waals surface area contributed by atoms with Gasteiger partial charge in [0.1, 0.15) is 11.7 Å². The zero-order chi connectivity index (χ0) is 21.9. The maximum atomic E-state index is 13.6. The summed E-state index contributed by atoms with van der Waals surface area (Å²) in [6, 6.07) is 3.46. The number of carbonyl (C=O) groups is 2. The van der Waals surface area contributed by atoms with Crippen LogP contribution in [0.5, 0.6) is 0 Å². The minimum Gasteiger partial charge on any atom is -0.351 e. The van der Waals surface area contributed by atoms with Gasteiger partial charge in [-0.3, -0.25) is 9.59 Å². The first-order valence-corrected chi connectivity index (χ1v) is 9.63. The number of nitrogens with one attached hydrogen (secondary N) is 2. The third-order valence-corrected chi connectivity index (χ3v) is 6.08. The van der Waals surface area contributed by atoms with E-state index in [9.17, 15) is 31.5 Å². The topological polar surface area (TPSA) is 65.2 Å². The van der Waals surface area contributed by atoms with Crippen molar-refractivity contribution in [1.82, 2.24) is 15.2 Å². The number of aromatic nitrogens is 1. The van der Waals surface area contributed by atoms with E-state index in [1.165, 1.54) is 17.0 Å². The first-order chi connectivity index (χ1) is 14.0. The smallest absolute Gasteiger partial charge is 0.351 e. The third kappa shape index (κ3) is 3.41. The van der Waals surface area contributed by atoms with Crippen LogP contribution in [0.1, 0.15) is 42.2 Å². The molecule has 1 saturated heterocycles. The Morgan fingerprint density at radius 1 is 1.27 bits per heavy atom. The molecule has 2 aliphatic rings. The van der Waals surface area contributed by atoms with E-state index < -0.39 is 40.9 Å². The highest BCUT2D eigenvalue weighted by Gasteiger charge is 2.73. The Balaban J connectivity index is 1.46. The summed E-state index contributed by atoms with van der Waals surface area (Å²) in [7, 11) is 0. The summed E-state index contributed by atoms with van der Waals surface area (Å²) < 4.78 is 65.7. The van der Waals surface area contributed by atoms with Crippen LogP contribution in [0.15, 0.2) is 24.3 Å². The fourth-order valence-electron chi connectivity index (χ4n) is 4.11. The van der Waals surface area contributed by atoms with Gasteiger partial charge in [0, 0.05) is 30.4 Å². The number of nitrogens with zero attached hydrogens (tertiary/aromatic N) is 1.